The Morgan fingerprint density at radius 2 is 1.67 bits per heavy atom. The molecule has 158 valence electrons. The second kappa shape index (κ2) is 9.30. The lowest BCUT2D eigenvalue weighted by Gasteiger charge is -2.17. The number of nitrogens with zero attached hydrogens (tertiary/aromatic N) is 1. The Kier molecular flexibility index (Phi) is 6.56. The highest BCUT2D eigenvalue weighted by Gasteiger charge is 2.35. The second-order valence-corrected chi connectivity index (χ2v) is 6.97. The zero-order valence-electron chi connectivity index (χ0n) is 17.2. The molecule has 1 aliphatic rings. The number of hydrogen-bond donors (Lipinski definition) is 2. The number of aryl methyl sites for hydroxylation is 1. The van der Waals surface area contributed by atoms with Gasteiger partial charge in [-0.25, -0.2) is 0 Å². The molecule has 3 amide bonds. The Hall–Kier alpha value is -3.55. The summed E-state index contributed by atoms with van der Waals surface area (Å²) in [5.41, 5.74) is 7.00. The molecular weight excluding hydrogens is 386 g/mol. The highest BCUT2D eigenvalue weighted by molar-refractivity contribution is 6.01. The topological polar surface area (TPSA) is 97.0 Å². The molecule has 0 aromatic heterocycles. The van der Waals surface area contributed by atoms with Gasteiger partial charge in [0.25, 0.3) is 5.91 Å². The monoisotopic (exact) mass is 411 g/mol. The summed E-state index contributed by atoms with van der Waals surface area (Å²) < 4.78 is 10.3. The Morgan fingerprint density at radius 1 is 1.03 bits per heavy atom. The number of carbonyl (C=O) groups is 3. The number of hydrazine groups is 1. The van der Waals surface area contributed by atoms with E-state index in [4.69, 9.17) is 9.47 Å². The number of carbonyl (C=O) groups excluding carboxylic acids is 3. The van der Waals surface area contributed by atoms with Crippen LogP contribution in [0.1, 0.15) is 29.3 Å². The number of nitrogens with one attached hydrogen (secondary N) is 2. The third-order valence-corrected chi connectivity index (χ3v) is 5.06. The highest BCUT2D eigenvalue weighted by Crippen LogP contribution is 2.26. The summed E-state index contributed by atoms with van der Waals surface area (Å²) in [6.07, 6.45) is 1.00. The van der Waals surface area contributed by atoms with Crippen LogP contribution in [0.2, 0.25) is 0 Å². The standard InChI is InChI=1S/C22H25N3O5/c1-4-14-5-7-17(8-6-14)25-13-16(11-20(25)26)22(28)24-23-21(27)15-9-18(29-2)12-19(10-15)30-3/h5-10,12,16H,4,11,13H2,1-3H3,(H,23,27)(H,24,28)/t16-/m1/s1. The molecule has 2 N–H and O–H groups in total. The van der Waals surface area contributed by atoms with Crippen molar-refractivity contribution in [3.63, 3.8) is 0 Å². The van der Waals surface area contributed by atoms with Gasteiger partial charge in [0.2, 0.25) is 11.8 Å². The smallest absolute Gasteiger partial charge is 0.269 e. The fourth-order valence-corrected chi connectivity index (χ4v) is 3.28. The van der Waals surface area contributed by atoms with Gasteiger partial charge in [-0.2, -0.15) is 0 Å². The van der Waals surface area contributed by atoms with Crippen LogP contribution < -0.4 is 25.2 Å². The van der Waals surface area contributed by atoms with Crippen molar-refractivity contribution in [2.24, 2.45) is 5.92 Å². The molecule has 30 heavy (non-hydrogen) atoms. The van der Waals surface area contributed by atoms with Crippen LogP contribution in [0.4, 0.5) is 5.69 Å². The lowest BCUT2D eigenvalue weighted by Crippen LogP contribution is -2.45. The molecule has 3 rings (SSSR count). The van der Waals surface area contributed by atoms with Gasteiger partial charge in [-0.05, 0) is 36.2 Å². The van der Waals surface area contributed by atoms with E-state index in [1.54, 1.807) is 11.0 Å². The number of hydrogen-bond acceptors (Lipinski definition) is 5. The molecule has 8 nitrogen and oxygen atoms in total. The van der Waals surface area contributed by atoms with Crippen molar-refractivity contribution in [3.05, 3.63) is 53.6 Å². The van der Waals surface area contributed by atoms with Crippen molar-refractivity contribution in [2.75, 3.05) is 25.7 Å². The largest absolute Gasteiger partial charge is 0.497 e. The Balaban J connectivity index is 1.60. The first-order valence-corrected chi connectivity index (χ1v) is 9.67. The molecule has 1 saturated heterocycles. The predicted molar refractivity (Wildman–Crippen MR) is 111 cm³/mol. The van der Waals surface area contributed by atoms with Gasteiger partial charge < -0.3 is 14.4 Å². The van der Waals surface area contributed by atoms with Crippen molar-refractivity contribution < 1.29 is 23.9 Å². The maximum absolute atomic E-state index is 12.5. The Labute approximate surface area is 175 Å². The Morgan fingerprint density at radius 3 is 2.23 bits per heavy atom. The molecule has 2 aromatic rings. The molecule has 1 atom stereocenters. The fourth-order valence-electron chi connectivity index (χ4n) is 3.28. The van der Waals surface area contributed by atoms with Crippen molar-refractivity contribution in [1.82, 2.24) is 10.9 Å². The zero-order chi connectivity index (χ0) is 21.7. The van der Waals surface area contributed by atoms with Gasteiger partial charge >= 0.3 is 0 Å². The molecule has 0 saturated carbocycles. The minimum absolute atomic E-state index is 0.0875. The van der Waals surface area contributed by atoms with Crippen molar-refractivity contribution in [3.8, 4) is 11.5 Å². The predicted octanol–water partition coefficient (Wildman–Crippen LogP) is 2.08. The Bertz CT molecular complexity index is 920. The van der Waals surface area contributed by atoms with Crippen LogP contribution in [0, 0.1) is 5.92 Å². The van der Waals surface area contributed by atoms with E-state index in [0.717, 1.165) is 12.1 Å². The molecular formula is C22H25N3O5. The number of benzene rings is 2. The van der Waals surface area contributed by atoms with Gasteiger partial charge in [-0.3, -0.25) is 25.2 Å². The summed E-state index contributed by atoms with van der Waals surface area (Å²) in [5, 5.41) is 0. The van der Waals surface area contributed by atoms with Crippen LogP contribution in [0.15, 0.2) is 42.5 Å². The normalized spacial score (nSPS) is 15.6. The number of methoxy groups -OCH3 is 2. The summed E-state index contributed by atoms with van der Waals surface area (Å²) in [7, 11) is 2.97. The summed E-state index contributed by atoms with van der Waals surface area (Å²) in [6.45, 7) is 2.32. The third kappa shape index (κ3) is 4.71. The first-order chi connectivity index (χ1) is 14.4. The maximum Gasteiger partial charge on any atom is 0.269 e. The summed E-state index contributed by atoms with van der Waals surface area (Å²) in [5.74, 6) is -0.697. The van der Waals surface area contributed by atoms with Gasteiger partial charge in [0.1, 0.15) is 11.5 Å². The lowest BCUT2D eigenvalue weighted by molar-refractivity contribution is -0.126. The SMILES string of the molecule is CCc1ccc(N2C[C@H](C(=O)NNC(=O)c3cc(OC)cc(OC)c3)CC2=O)cc1. The van der Waals surface area contributed by atoms with Crippen LogP contribution in [-0.4, -0.2) is 38.5 Å². The first kappa shape index (κ1) is 21.2. The zero-order valence-corrected chi connectivity index (χ0v) is 17.2. The molecule has 1 aliphatic heterocycles. The number of amides is 3. The first-order valence-electron chi connectivity index (χ1n) is 9.67. The van der Waals surface area contributed by atoms with Crippen LogP contribution in [-0.2, 0) is 16.0 Å². The third-order valence-electron chi connectivity index (χ3n) is 5.06. The average Bonchev–Trinajstić information content (AvgIpc) is 3.18. The van der Waals surface area contributed by atoms with E-state index in [0.29, 0.717) is 11.5 Å². The minimum atomic E-state index is -0.552. The maximum atomic E-state index is 12.5. The fraction of sp³-hybridized carbons (Fsp3) is 0.318. The molecule has 8 heteroatoms. The van der Waals surface area contributed by atoms with Gasteiger partial charge in [0, 0.05) is 30.3 Å². The van der Waals surface area contributed by atoms with Crippen LogP contribution >= 0.6 is 0 Å². The second-order valence-electron chi connectivity index (χ2n) is 6.97. The average molecular weight is 411 g/mol. The van der Waals surface area contributed by atoms with Gasteiger partial charge in [0.15, 0.2) is 0 Å². The van der Waals surface area contributed by atoms with Crippen molar-refractivity contribution >= 4 is 23.4 Å². The summed E-state index contributed by atoms with van der Waals surface area (Å²) in [4.78, 5) is 38.9. The van der Waals surface area contributed by atoms with Gasteiger partial charge in [-0.15, -0.1) is 0 Å². The van der Waals surface area contributed by atoms with E-state index in [9.17, 15) is 14.4 Å². The van der Waals surface area contributed by atoms with Crippen molar-refractivity contribution in [1.29, 1.82) is 0 Å². The number of ether oxygens (including phenoxy) is 2. The summed E-state index contributed by atoms with van der Waals surface area (Å²) in [6, 6.07) is 12.4. The lowest BCUT2D eigenvalue weighted by atomic mass is 10.1. The number of rotatable bonds is 6. The summed E-state index contributed by atoms with van der Waals surface area (Å²) >= 11 is 0. The molecule has 0 unspecified atom stereocenters. The molecule has 1 fully saturated rings. The van der Waals surface area contributed by atoms with E-state index in [2.05, 4.69) is 17.8 Å². The molecule has 0 bridgehead atoms. The molecule has 0 radical (unpaired) electrons. The van der Waals surface area contributed by atoms with Gasteiger partial charge in [-0.1, -0.05) is 19.1 Å². The quantitative estimate of drug-likeness (QED) is 0.710. The minimum Gasteiger partial charge on any atom is -0.497 e. The van der Waals surface area contributed by atoms with Crippen molar-refractivity contribution in [2.45, 2.75) is 19.8 Å². The van der Waals surface area contributed by atoms with E-state index >= 15 is 0 Å². The van der Waals surface area contributed by atoms with Gasteiger partial charge in [0.05, 0.1) is 20.1 Å². The highest BCUT2D eigenvalue weighted by atomic mass is 16.5. The van der Waals surface area contributed by atoms with Crippen LogP contribution in [0.3, 0.4) is 0 Å². The van der Waals surface area contributed by atoms with Crippen LogP contribution in [0.5, 0.6) is 11.5 Å². The molecule has 0 spiro atoms. The molecule has 1 heterocycles. The van der Waals surface area contributed by atoms with Crippen LogP contribution in [0.25, 0.3) is 0 Å². The van der Waals surface area contributed by atoms with E-state index in [-0.39, 0.29) is 24.4 Å². The molecule has 2 aromatic carbocycles. The number of anilines is 1. The van der Waals surface area contributed by atoms with E-state index in [1.807, 2.05) is 24.3 Å². The molecule has 0 aliphatic carbocycles. The van der Waals surface area contributed by atoms with E-state index in [1.165, 1.54) is 31.9 Å². The van der Waals surface area contributed by atoms with E-state index < -0.39 is 17.7 Å².